The minimum absolute atomic E-state index is 0.0491. The lowest BCUT2D eigenvalue weighted by Gasteiger charge is -2.28. The van der Waals surface area contributed by atoms with E-state index in [0.29, 0.717) is 34.1 Å². The quantitative estimate of drug-likeness (QED) is 0.280. The average molecular weight is 469 g/mol. The molecule has 0 fully saturated rings. The van der Waals surface area contributed by atoms with Crippen molar-refractivity contribution >= 4 is 11.6 Å². The van der Waals surface area contributed by atoms with Crippen LogP contribution in [0.5, 0.6) is 23.0 Å². The average Bonchev–Trinajstić information content (AvgIpc) is 2.84. The van der Waals surface area contributed by atoms with E-state index in [-0.39, 0.29) is 29.8 Å². The van der Waals surface area contributed by atoms with Gasteiger partial charge >= 0.3 is 0 Å². The molecule has 0 aliphatic carbocycles. The maximum Gasteiger partial charge on any atom is 0.170 e. The Labute approximate surface area is 202 Å². The van der Waals surface area contributed by atoms with Crippen LogP contribution < -0.4 is 18.9 Å². The summed E-state index contributed by atoms with van der Waals surface area (Å²) in [6.07, 6.45) is 2.19. The molecule has 0 unspecified atom stereocenters. The molecule has 2 aromatic rings. The lowest BCUT2D eigenvalue weighted by Crippen LogP contribution is -2.29. The first kappa shape index (κ1) is 27.0. The molecule has 0 heterocycles. The van der Waals surface area contributed by atoms with Crippen molar-refractivity contribution in [3.05, 3.63) is 59.2 Å². The number of benzene rings is 2. The van der Waals surface area contributed by atoms with Crippen LogP contribution in [0.15, 0.2) is 48.0 Å². The summed E-state index contributed by atoms with van der Waals surface area (Å²) in [5.41, 5.74) is 2.06. The van der Waals surface area contributed by atoms with Gasteiger partial charge in [0.25, 0.3) is 0 Å². The summed E-state index contributed by atoms with van der Waals surface area (Å²) in [6, 6.07) is 10.3. The first-order valence-electron chi connectivity index (χ1n) is 11.3. The molecule has 34 heavy (non-hydrogen) atoms. The fraction of sp³-hybridized carbons (Fsp3) is 0.429. The molecule has 0 saturated heterocycles. The normalized spacial score (nSPS) is 12.5. The monoisotopic (exact) mass is 468 g/mol. The lowest BCUT2D eigenvalue weighted by molar-refractivity contribution is 0.0839. The Hall–Kier alpha value is -3.28. The predicted octanol–water partition coefficient (Wildman–Crippen LogP) is 6.03. The van der Waals surface area contributed by atoms with Gasteiger partial charge in [0.05, 0.1) is 28.4 Å². The minimum Gasteiger partial charge on any atom is -0.493 e. The minimum atomic E-state index is -0.466. The molecule has 6 heteroatoms. The molecule has 0 N–H and O–H groups in total. The zero-order valence-corrected chi connectivity index (χ0v) is 21.4. The number of Topliss-reactive ketones (excluding diaryl/α,β-unsaturated/α-hetero) is 2. The highest BCUT2D eigenvalue weighted by molar-refractivity contribution is 6.01. The van der Waals surface area contributed by atoms with Crippen molar-refractivity contribution in [2.75, 3.05) is 28.4 Å². The van der Waals surface area contributed by atoms with Crippen LogP contribution in [0, 0.1) is 17.8 Å². The van der Waals surface area contributed by atoms with E-state index in [1.807, 2.05) is 33.8 Å². The Morgan fingerprint density at radius 2 is 1.24 bits per heavy atom. The number of ketones is 2. The Morgan fingerprint density at radius 3 is 1.68 bits per heavy atom. The highest BCUT2D eigenvalue weighted by Crippen LogP contribution is 2.35. The molecule has 2 rings (SSSR count). The molecule has 0 spiro atoms. The fourth-order valence-electron chi connectivity index (χ4n) is 4.05. The van der Waals surface area contributed by atoms with Gasteiger partial charge in [0, 0.05) is 23.5 Å². The summed E-state index contributed by atoms with van der Waals surface area (Å²) in [5.74, 6) is 1.43. The standard InChI is InChI=1S/C28H36O6/c1-17(2)13-22(28(30)20-10-12-25(32-6)27(15-20)34-8)21(18(3)4)16-23(29)19-9-11-24(31-5)26(14-19)33-7/h9-15,18,21-22H,16H2,1-8H3/t21-,22-/m0/s1. The number of hydrogen-bond donors (Lipinski definition) is 0. The third-order valence-corrected chi connectivity index (χ3v) is 5.93. The molecule has 0 radical (unpaired) electrons. The summed E-state index contributed by atoms with van der Waals surface area (Å²) >= 11 is 0. The molecule has 0 amide bonds. The van der Waals surface area contributed by atoms with Gasteiger partial charge in [-0.1, -0.05) is 25.5 Å². The maximum absolute atomic E-state index is 13.7. The van der Waals surface area contributed by atoms with Crippen LogP contribution in [0.3, 0.4) is 0 Å². The van der Waals surface area contributed by atoms with Crippen molar-refractivity contribution in [2.24, 2.45) is 17.8 Å². The molecule has 0 bridgehead atoms. The van der Waals surface area contributed by atoms with Gasteiger partial charge in [0.1, 0.15) is 0 Å². The number of rotatable bonds is 12. The molecular weight excluding hydrogens is 432 g/mol. The summed E-state index contributed by atoms with van der Waals surface area (Å²) in [5, 5.41) is 0. The van der Waals surface area contributed by atoms with Crippen LogP contribution in [-0.2, 0) is 0 Å². The van der Waals surface area contributed by atoms with E-state index in [1.165, 1.54) is 7.11 Å². The molecule has 0 aromatic heterocycles. The molecule has 184 valence electrons. The second-order valence-electron chi connectivity index (χ2n) is 8.81. The SMILES string of the molecule is COc1ccc(C(=O)C[C@@H](C(C)C)[C@H](C=C(C)C)C(=O)c2ccc(OC)c(OC)c2)cc1OC. The number of hydrogen-bond acceptors (Lipinski definition) is 6. The number of methoxy groups -OCH3 is 4. The van der Waals surface area contributed by atoms with Crippen LogP contribution in [0.25, 0.3) is 0 Å². The van der Waals surface area contributed by atoms with Gasteiger partial charge in [-0.15, -0.1) is 0 Å². The van der Waals surface area contributed by atoms with E-state index < -0.39 is 5.92 Å². The third kappa shape index (κ3) is 6.40. The number of ether oxygens (including phenoxy) is 4. The van der Waals surface area contributed by atoms with E-state index in [2.05, 4.69) is 0 Å². The van der Waals surface area contributed by atoms with Crippen molar-refractivity contribution < 1.29 is 28.5 Å². The molecule has 0 aliphatic rings. The van der Waals surface area contributed by atoms with E-state index in [1.54, 1.807) is 57.7 Å². The lowest BCUT2D eigenvalue weighted by atomic mass is 9.75. The molecule has 0 aliphatic heterocycles. The van der Waals surface area contributed by atoms with Crippen molar-refractivity contribution in [3.63, 3.8) is 0 Å². The first-order chi connectivity index (χ1) is 16.2. The van der Waals surface area contributed by atoms with Crippen LogP contribution in [0.4, 0.5) is 0 Å². The molecule has 2 atom stereocenters. The second kappa shape index (κ2) is 12.3. The Morgan fingerprint density at radius 1 is 0.765 bits per heavy atom. The topological polar surface area (TPSA) is 71.1 Å². The highest BCUT2D eigenvalue weighted by Gasteiger charge is 2.32. The molecule has 0 saturated carbocycles. The van der Waals surface area contributed by atoms with Crippen molar-refractivity contribution in [1.82, 2.24) is 0 Å². The van der Waals surface area contributed by atoms with Gasteiger partial charge in [-0.3, -0.25) is 9.59 Å². The van der Waals surface area contributed by atoms with Crippen LogP contribution in [-0.4, -0.2) is 40.0 Å². The summed E-state index contributed by atoms with van der Waals surface area (Å²) in [7, 11) is 6.19. The Balaban J connectivity index is 2.43. The van der Waals surface area contributed by atoms with Crippen LogP contribution in [0.1, 0.15) is 54.8 Å². The number of allylic oxidation sites excluding steroid dienone is 2. The number of carbonyl (C=O) groups is 2. The van der Waals surface area contributed by atoms with Crippen molar-refractivity contribution in [2.45, 2.75) is 34.1 Å². The van der Waals surface area contributed by atoms with E-state index in [0.717, 1.165) is 5.57 Å². The predicted molar refractivity (Wildman–Crippen MR) is 134 cm³/mol. The number of carbonyl (C=O) groups excluding carboxylic acids is 2. The molecule has 6 nitrogen and oxygen atoms in total. The van der Waals surface area contributed by atoms with Crippen molar-refractivity contribution in [1.29, 1.82) is 0 Å². The molecular formula is C28H36O6. The second-order valence-corrected chi connectivity index (χ2v) is 8.81. The van der Waals surface area contributed by atoms with Gasteiger partial charge in [-0.25, -0.2) is 0 Å². The largest absolute Gasteiger partial charge is 0.493 e. The third-order valence-electron chi connectivity index (χ3n) is 5.93. The van der Waals surface area contributed by atoms with E-state index in [9.17, 15) is 9.59 Å². The van der Waals surface area contributed by atoms with Crippen molar-refractivity contribution in [3.8, 4) is 23.0 Å². The first-order valence-corrected chi connectivity index (χ1v) is 11.3. The molecule has 2 aromatic carbocycles. The van der Waals surface area contributed by atoms with Crippen LogP contribution >= 0.6 is 0 Å². The van der Waals surface area contributed by atoms with E-state index in [4.69, 9.17) is 18.9 Å². The smallest absolute Gasteiger partial charge is 0.170 e. The van der Waals surface area contributed by atoms with Gasteiger partial charge in [0.15, 0.2) is 34.6 Å². The maximum atomic E-state index is 13.7. The van der Waals surface area contributed by atoms with Crippen LogP contribution in [0.2, 0.25) is 0 Å². The zero-order valence-electron chi connectivity index (χ0n) is 21.4. The van der Waals surface area contributed by atoms with Gasteiger partial charge in [-0.2, -0.15) is 0 Å². The highest BCUT2D eigenvalue weighted by atomic mass is 16.5. The summed E-state index contributed by atoms with van der Waals surface area (Å²) in [4.78, 5) is 27.0. The summed E-state index contributed by atoms with van der Waals surface area (Å²) < 4.78 is 21.3. The fourth-order valence-corrected chi connectivity index (χ4v) is 4.05. The summed E-state index contributed by atoms with van der Waals surface area (Å²) in [6.45, 7) is 8.01. The Bertz CT molecular complexity index is 1030. The zero-order chi connectivity index (χ0) is 25.4. The van der Waals surface area contributed by atoms with E-state index >= 15 is 0 Å². The Kier molecular flexibility index (Phi) is 9.72. The van der Waals surface area contributed by atoms with Gasteiger partial charge in [-0.05, 0) is 62.1 Å². The van der Waals surface area contributed by atoms with Gasteiger partial charge < -0.3 is 18.9 Å². The van der Waals surface area contributed by atoms with Gasteiger partial charge in [0.2, 0.25) is 0 Å².